The number of fused-ring (bicyclic) bond motifs is 6. The van der Waals surface area contributed by atoms with E-state index >= 15 is 0 Å². The number of nitrogens with zero attached hydrogens (tertiary/aromatic N) is 5. The molecule has 234 valence electrons. The molecule has 0 unspecified atom stereocenters. The van der Waals surface area contributed by atoms with Gasteiger partial charge in [0, 0.05) is 49.6 Å². The summed E-state index contributed by atoms with van der Waals surface area (Å²) in [5.41, 5.74) is 9.77. The number of benzene rings is 7. The van der Waals surface area contributed by atoms with E-state index in [0.29, 0.717) is 17.5 Å². The third kappa shape index (κ3) is 4.52. The van der Waals surface area contributed by atoms with Gasteiger partial charge in [-0.3, -0.25) is 0 Å². The summed E-state index contributed by atoms with van der Waals surface area (Å²) in [7, 11) is 0. The van der Waals surface area contributed by atoms with Gasteiger partial charge in [0.05, 0.1) is 22.1 Å². The minimum absolute atomic E-state index is 0.645. The first-order valence-corrected chi connectivity index (χ1v) is 16.8. The van der Waals surface area contributed by atoms with Crippen LogP contribution >= 0.6 is 0 Å². The average molecular weight is 640 g/mol. The molecule has 5 heteroatoms. The minimum Gasteiger partial charge on any atom is -0.309 e. The third-order valence-electron chi connectivity index (χ3n) is 9.56. The van der Waals surface area contributed by atoms with Gasteiger partial charge in [-0.15, -0.1) is 0 Å². The Morgan fingerprint density at radius 2 is 0.700 bits per heavy atom. The summed E-state index contributed by atoms with van der Waals surface area (Å²) in [5, 5.41) is 4.77. The van der Waals surface area contributed by atoms with Crippen LogP contribution in [0.25, 0.3) is 89.2 Å². The molecule has 0 saturated carbocycles. The van der Waals surface area contributed by atoms with Crippen LogP contribution in [-0.2, 0) is 0 Å². The van der Waals surface area contributed by atoms with Crippen molar-refractivity contribution in [3.63, 3.8) is 0 Å². The second-order valence-corrected chi connectivity index (χ2v) is 12.5. The number of aromatic nitrogens is 5. The van der Waals surface area contributed by atoms with E-state index in [1.165, 1.54) is 27.2 Å². The monoisotopic (exact) mass is 639 g/mol. The molecule has 50 heavy (non-hydrogen) atoms. The molecule has 0 spiro atoms. The van der Waals surface area contributed by atoms with Crippen LogP contribution in [0.15, 0.2) is 176 Å². The van der Waals surface area contributed by atoms with Crippen LogP contribution < -0.4 is 0 Å². The largest absolute Gasteiger partial charge is 0.309 e. The summed E-state index contributed by atoms with van der Waals surface area (Å²) in [6, 6.07) is 61.5. The Hall–Kier alpha value is -6.85. The first kappa shape index (κ1) is 28.2. The molecule has 0 N–H and O–H groups in total. The third-order valence-corrected chi connectivity index (χ3v) is 9.56. The van der Waals surface area contributed by atoms with Gasteiger partial charge in [0.1, 0.15) is 0 Å². The molecule has 0 atom stereocenters. The fourth-order valence-corrected chi connectivity index (χ4v) is 7.28. The van der Waals surface area contributed by atoms with Crippen molar-refractivity contribution >= 4 is 43.6 Å². The smallest absolute Gasteiger partial charge is 0.164 e. The van der Waals surface area contributed by atoms with Crippen molar-refractivity contribution in [2.45, 2.75) is 0 Å². The van der Waals surface area contributed by atoms with E-state index in [4.69, 9.17) is 15.0 Å². The van der Waals surface area contributed by atoms with E-state index in [1.54, 1.807) is 0 Å². The molecule has 5 nitrogen and oxygen atoms in total. The molecule has 10 rings (SSSR count). The van der Waals surface area contributed by atoms with Crippen molar-refractivity contribution in [3.8, 4) is 45.5 Å². The molecule has 3 aromatic heterocycles. The zero-order chi connectivity index (χ0) is 33.0. The summed E-state index contributed by atoms with van der Waals surface area (Å²) in [4.78, 5) is 14.9. The number of rotatable bonds is 5. The highest BCUT2D eigenvalue weighted by molar-refractivity contribution is 6.12. The number of hydrogen-bond donors (Lipinski definition) is 0. The Morgan fingerprint density at radius 1 is 0.280 bits per heavy atom. The van der Waals surface area contributed by atoms with Crippen LogP contribution in [0.4, 0.5) is 0 Å². The van der Waals surface area contributed by atoms with Crippen LogP contribution in [0.5, 0.6) is 0 Å². The van der Waals surface area contributed by atoms with E-state index in [-0.39, 0.29) is 0 Å². The molecule has 7 aromatic carbocycles. The van der Waals surface area contributed by atoms with Gasteiger partial charge in [-0.25, -0.2) is 15.0 Å². The van der Waals surface area contributed by atoms with Gasteiger partial charge < -0.3 is 9.13 Å². The highest BCUT2D eigenvalue weighted by Gasteiger charge is 2.18. The Bertz CT molecular complexity index is 2800. The molecular weight excluding hydrogens is 611 g/mol. The zero-order valence-corrected chi connectivity index (χ0v) is 27.0. The van der Waals surface area contributed by atoms with Gasteiger partial charge in [0.2, 0.25) is 0 Å². The van der Waals surface area contributed by atoms with Crippen LogP contribution in [0.1, 0.15) is 0 Å². The van der Waals surface area contributed by atoms with Crippen molar-refractivity contribution in [2.24, 2.45) is 0 Å². The fourth-order valence-electron chi connectivity index (χ4n) is 7.28. The molecule has 0 amide bonds. The van der Waals surface area contributed by atoms with Crippen LogP contribution in [0.2, 0.25) is 0 Å². The standard InChI is InChI=1S/C45H29N5/c1-4-14-30(15-5-1)43-46-44(31-16-6-2-7-17-31)48-45(47-43)32-24-26-41-37(28-32)35-20-10-13-23-40(35)50(41)34-25-27-42-38(29-34)36-21-11-12-22-39(36)49(42)33-18-8-3-9-19-33/h1-29H. The second-order valence-electron chi connectivity index (χ2n) is 12.5. The summed E-state index contributed by atoms with van der Waals surface area (Å²) < 4.78 is 4.73. The lowest BCUT2D eigenvalue weighted by Crippen LogP contribution is -2.00. The lowest BCUT2D eigenvalue weighted by atomic mass is 10.1. The maximum Gasteiger partial charge on any atom is 0.164 e. The van der Waals surface area contributed by atoms with Gasteiger partial charge in [-0.05, 0) is 60.7 Å². The van der Waals surface area contributed by atoms with Crippen molar-refractivity contribution < 1.29 is 0 Å². The topological polar surface area (TPSA) is 48.5 Å². The van der Waals surface area contributed by atoms with Crippen molar-refractivity contribution in [3.05, 3.63) is 176 Å². The molecule has 0 bridgehead atoms. The predicted octanol–water partition coefficient (Wildman–Crippen LogP) is 11.1. The lowest BCUT2D eigenvalue weighted by Gasteiger charge is -2.11. The molecule has 0 aliphatic rings. The highest BCUT2D eigenvalue weighted by Crippen LogP contribution is 2.38. The maximum atomic E-state index is 5.01. The molecular formula is C45H29N5. The average Bonchev–Trinajstić information content (AvgIpc) is 3.71. The van der Waals surface area contributed by atoms with Crippen molar-refractivity contribution in [1.29, 1.82) is 0 Å². The number of para-hydroxylation sites is 3. The summed E-state index contributed by atoms with van der Waals surface area (Å²) >= 11 is 0. The van der Waals surface area contributed by atoms with E-state index in [0.717, 1.165) is 44.5 Å². The molecule has 0 aliphatic heterocycles. The molecule has 0 fully saturated rings. The second kappa shape index (κ2) is 11.4. The summed E-state index contributed by atoms with van der Waals surface area (Å²) in [6.07, 6.45) is 0. The molecule has 3 heterocycles. The van der Waals surface area contributed by atoms with Crippen LogP contribution in [-0.4, -0.2) is 24.1 Å². The first-order valence-electron chi connectivity index (χ1n) is 16.8. The Morgan fingerprint density at radius 3 is 1.28 bits per heavy atom. The van der Waals surface area contributed by atoms with Crippen LogP contribution in [0, 0.1) is 0 Å². The predicted molar refractivity (Wildman–Crippen MR) is 205 cm³/mol. The van der Waals surface area contributed by atoms with Gasteiger partial charge in [0.25, 0.3) is 0 Å². The maximum absolute atomic E-state index is 5.01. The Kier molecular flexibility index (Phi) is 6.42. The summed E-state index contributed by atoms with van der Waals surface area (Å²) in [6.45, 7) is 0. The van der Waals surface area contributed by atoms with Crippen LogP contribution in [0.3, 0.4) is 0 Å². The van der Waals surface area contributed by atoms with E-state index in [2.05, 4.69) is 124 Å². The molecule has 10 aromatic rings. The highest BCUT2D eigenvalue weighted by atomic mass is 15.0. The van der Waals surface area contributed by atoms with Gasteiger partial charge >= 0.3 is 0 Å². The summed E-state index contributed by atoms with van der Waals surface area (Å²) in [5.74, 6) is 1.95. The SMILES string of the molecule is c1ccc(-c2nc(-c3ccccc3)nc(-c3ccc4c(c3)c3ccccc3n4-c3ccc4c(c3)c3ccccc3n4-c3ccccc3)n2)cc1. The zero-order valence-electron chi connectivity index (χ0n) is 27.0. The minimum atomic E-state index is 0.645. The van der Waals surface area contributed by atoms with Gasteiger partial charge in [-0.2, -0.15) is 0 Å². The quantitative estimate of drug-likeness (QED) is 0.188. The first-order chi connectivity index (χ1) is 24.8. The van der Waals surface area contributed by atoms with Gasteiger partial charge in [-0.1, -0.05) is 115 Å². The van der Waals surface area contributed by atoms with Crippen molar-refractivity contribution in [2.75, 3.05) is 0 Å². The van der Waals surface area contributed by atoms with Crippen molar-refractivity contribution in [1.82, 2.24) is 24.1 Å². The Balaban J connectivity index is 1.17. The Labute approximate surface area is 288 Å². The van der Waals surface area contributed by atoms with Gasteiger partial charge in [0.15, 0.2) is 17.5 Å². The number of hydrogen-bond acceptors (Lipinski definition) is 3. The molecule has 0 saturated heterocycles. The normalized spacial score (nSPS) is 11.6. The molecule has 0 radical (unpaired) electrons. The van der Waals surface area contributed by atoms with E-state index < -0.39 is 0 Å². The molecule has 0 aliphatic carbocycles. The lowest BCUT2D eigenvalue weighted by molar-refractivity contribution is 1.07. The van der Waals surface area contributed by atoms with E-state index in [1.807, 2.05) is 60.7 Å². The fraction of sp³-hybridized carbons (Fsp3) is 0. The van der Waals surface area contributed by atoms with E-state index in [9.17, 15) is 0 Å².